The molecule has 1 aliphatic rings. The maximum absolute atomic E-state index is 11.8. The lowest BCUT2D eigenvalue weighted by Gasteiger charge is -2.34. The summed E-state index contributed by atoms with van der Waals surface area (Å²) in [6.07, 6.45) is 3.08. The van der Waals surface area contributed by atoms with Crippen LogP contribution in [0, 0.1) is 0 Å². The van der Waals surface area contributed by atoms with E-state index in [1.807, 2.05) is 11.2 Å². The van der Waals surface area contributed by atoms with Gasteiger partial charge in [0.25, 0.3) is 0 Å². The Hall–Kier alpha value is -1.00. The highest BCUT2D eigenvalue weighted by atomic mass is 32.2. The lowest BCUT2D eigenvalue weighted by Crippen LogP contribution is -2.49. The van der Waals surface area contributed by atoms with Crippen LogP contribution in [0.2, 0.25) is 0 Å². The van der Waals surface area contributed by atoms with Crippen LogP contribution in [0.3, 0.4) is 0 Å². The van der Waals surface area contributed by atoms with E-state index in [1.54, 1.807) is 11.8 Å². The molecule has 0 unspecified atom stereocenters. The van der Waals surface area contributed by atoms with Gasteiger partial charge in [0, 0.05) is 32.7 Å². The Morgan fingerprint density at radius 2 is 1.84 bits per heavy atom. The number of carbonyl (C=O) groups excluding carboxylic acids is 1. The van der Waals surface area contributed by atoms with Crippen molar-refractivity contribution in [3.05, 3.63) is 35.9 Å². The fraction of sp³-hybridized carbons (Fsp3) is 0.533. The number of piperazine rings is 1. The summed E-state index contributed by atoms with van der Waals surface area (Å²) in [5, 5.41) is 0. The Balaban J connectivity index is 1.70. The van der Waals surface area contributed by atoms with Gasteiger partial charge in [-0.1, -0.05) is 30.3 Å². The van der Waals surface area contributed by atoms with E-state index in [2.05, 4.69) is 35.2 Å². The Morgan fingerprint density at radius 1 is 1.16 bits per heavy atom. The highest BCUT2D eigenvalue weighted by Crippen LogP contribution is 2.07. The van der Waals surface area contributed by atoms with Crippen molar-refractivity contribution in [2.75, 3.05) is 44.7 Å². The molecule has 0 saturated carbocycles. The van der Waals surface area contributed by atoms with E-state index in [4.69, 9.17) is 0 Å². The number of carbonyl (C=O) groups is 1. The topological polar surface area (TPSA) is 23.6 Å². The first kappa shape index (κ1) is 14.4. The quantitative estimate of drug-likeness (QED) is 0.819. The van der Waals surface area contributed by atoms with Crippen molar-refractivity contribution in [1.29, 1.82) is 0 Å². The zero-order chi connectivity index (χ0) is 13.5. The van der Waals surface area contributed by atoms with Gasteiger partial charge in [-0.25, -0.2) is 0 Å². The monoisotopic (exact) mass is 278 g/mol. The summed E-state index contributed by atoms with van der Waals surface area (Å²) >= 11 is 1.61. The molecular formula is C15H22N2OS. The maximum Gasteiger partial charge on any atom is 0.232 e. The minimum atomic E-state index is 0.287. The predicted molar refractivity (Wildman–Crippen MR) is 81.5 cm³/mol. The van der Waals surface area contributed by atoms with Crippen LogP contribution in [-0.2, 0) is 11.2 Å². The molecule has 0 aromatic heterocycles. The molecule has 1 fully saturated rings. The highest BCUT2D eigenvalue weighted by Gasteiger charge is 2.20. The summed E-state index contributed by atoms with van der Waals surface area (Å²) in [6.45, 7) is 4.87. The maximum atomic E-state index is 11.8. The largest absolute Gasteiger partial charge is 0.339 e. The minimum absolute atomic E-state index is 0.287. The third-order valence-corrected chi connectivity index (χ3v) is 4.09. The van der Waals surface area contributed by atoms with Crippen LogP contribution in [0.15, 0.2) is 30.3 Å². The van der Waals surface area contributed by atoms with E-state index >= 15 is 0 Å². The van der Waals surface area contributed by atoms with E-state index in [0.717, 1.165) is 39.1 Å². The second-order valence-corrected chi connectivity index (χ2v) is 5.76. The van der Waals surface area contributed by atoms with Crippen LogP contribution >= 0.6 is 11.8 Å². The van der Waals surface area contributed by atoms with Gasteiger partial charge in [-0.05, 0) is 18.2 Å². The van der Waals surface area contributed by atoms with Crippen molar-refractivity contribution >= 4 is 17.7 Å². The summed E-state index contributed by atoms with van der Waals surface area (Å²) in [7, 11) is 0. The molecule has 1 aromatic rings. The van der Waals surface area contributed by atoms with Gasteiger partial charge in [-0.2, -0.15) is 11.8 Å². The number of thioether (sulfide) groups is 1. The molecule has 0 bridgehead atoms. The molecule has 0 atom stereocenters. The molecule has 1 aliphatic heterocycles. The molecule has 1 amide bonds. The summed E-state index contributed by atoms with van der Waals surface area (Å²) in [6, 6.07) is 10.6. The first-order valence-electron chi connectivity index (χ1n) is 6.82. The summed E-state index contributed by atoms with van der Waals surface area (Å²) < 4.78 is 0. The van der Waals surface area contributed by atoms with Gasteiger partial charge in [0.1, 0.15) is 0 Å². The second-order valence-electron chi connectivity index (χ2n) is 4.89. The Kier molecular flexibility index (Phi) is 5.73. The van der Waals surface area contributed by atoms with E-state index in [9.17, 15) is 4.79 Å². The van der Waals surface area contributed by atoms with Gasteiger partial charge >= 0.3 is 0 Å². The molecule has 104 valence electrons. The smallest absolute Gasteiger partial charge is 0.232 e. The first-order chi connectivity index (χ1) is 9.29. The van der Waals surface area contributed by atoms with Gasteiger partial charge in [0.2, 0.25) is 5.91 Å². The molecule has 0 spiro atoms. The average Bonchev–Trinajstić information content (AvgIpc) is 2.47. The molecule has 19 heavy (non-hydrogen) atoms. The van der Waals surface area contributed by atoms with Crippen LogP contribution < -0.4 is 0 Å². The minimum Gasteiger partial charge on any atom is -0.339 e. The van der Waals surface area contributed by atoms with Gasteiger partial charge in [0.05, 0.1) is 5.75 Å². The molecule has 4 heteroatoms. The van der Waals surface area contributed by atoms with E-state index in [0.29, 0.717) is 5.75 Å². The van der Waals surface area contributed by atoms with Crippen molar-refractivity contribution in [3.8, 4) is 0 Å². The Labute approximate surface area is 120 Å². The molecule has 1 saturated heterocycles. The van der Waals surface area contributed by atoms with Gasteiger partial charge < -0.3 is 4.90 Å². The molecular weight excluding hydrogens is 256 g/mol. The van der Waals surface area contributed by atoms with E-state index in [-0.39, 0.29) is 5.91 Å². The van der Waals surface area contributed by atoms with Crippen LogP contribution in [0.4, 0.5) is 0 Å². The zero-order valence-corrected chi connectivity index (χ0v) is 12.4. The highest BCUT2D eigenvalue weighted by molar-refractivity contribution is 7.99. The van der Waals surface area contributed by atoms with Crippen molar-refractivity contribution in [2.45, 2.75) is 6.42 Å². The average molecular weight is 278 g/mol. The van der Waals surface area contributed by atoms with E-state index < -0.39 is 0 Å². The fourth-order valence-corrected chi connectivity index (χ4v) is 2.80. The van der Waals surface area contributed by atoms with Crippen LogP contribution in [-0.4, -0.2) is 60.4 Å². The summed E-state index contributed by atoms with van der Waals surface area (Å²) in [5.41, 5.74) is 1.39. The predicted octanol–water partition coefficient (Wildman–Crippen LogP) is 1.74. The summed E-state index contributed by atoms with van der Waals surface area (Å²) in [5.74, 6) is 0.902. The molecule has 2 rings (SSSR count). The van der Waals surface area contributed by atoms with Crippen LogP contribution in [0.25, 0.3) is 0 Å². The molecule has 0 N–H and O–H groups in total. The number of hydrogen-bond donors (Lipinski definition) is 0. The molecule has 1 heterocycles. The first-order valence-corrected chi connectivity index (χ1v) is 8.22. The Morgan fingerprint density at radius 3 is 2.47 bits per heavy atom. The van der Waals surface area contributed by atoms with Crippen molar-refractivity contribution in [2.24, 2.45) is 0 Å². The second kappa shape index (κ2) is 7.56. The van der Waals surface area contributed by atoms with E-state index in [1.165, 1.54) is 5.56 Å². The van der Waals surface area contributed by atoms with Crippen molar-refractivity contribution in [1.82, 2.24) is 9.80 Å². The third kappa shape index (κ3) is 4.55. The Bertz CT molecular complexity index is 388. The summed E-state index contributed by atoms with van der Waals surface area (Å²) in [4.78, 5) is 16.2. The van der Waals surface area contributed by atoms with Crippen LogP contribution in [0.1, 0.15) is 5.56 Å². The standard InChI is InChI=1S/C15H22N2OS/c1-19-13-15(18)17-11-9-16(10-12-17)8-7-14-5-3-2-4-6-14/h2-6H,7-13H2,1H3. The molecule has 0 radical (unpaired) electrons. The number of benzene rings is 1. The number of rotatable bonds is 5. The lowest BCUT2D eigenvalue weighted by molar-refractivity contribution is -0.130. The van der Waals surface area contributed by atoms with Crippen LogP contribution in [0.5, 0.6) is 0 Å². The number of nitrogens with zero attached hydrogens (tertiary/aromatic N) is 2. The van der Waals surface area contributed by atoms with Crippen molar-refractivity contribution < 1.29 is 4.79 Å². The molecule has 1 aromatic carbocycles. The number of amides is 1. The number of hydrogen-bond acceptors (Lipinski definition) is 3. The lowest BCUT2D eigenvalue weighted by atomic mass is 10.1. The molecule has 0 aliphatic carbocycles. The fourth-order valence-electron chi connectivity index (χ4n) is 2.37. The normalized spacial score (nSPS) is 16.6. The van der Waals surface area contributed by atoms with Gasteiger partial charge in [-0.3, -0.25) is 9.69 Å². The van der Waals surface area contributed by atoms with Gasteiger partial charge in [-0.15, -0.1) is 0 Å². The molecule has 3 nitrogen and oxygen atoms in total. The SMILES string of the molecule is CSCC(=O)N1CCN(CCc2ccccc2)CC1. The van der Waals surface area contributed by atoms with Crippen molar-refractivity contribution in [3.63, 3.8) is 0 Å². The zero-order valence-electron chi connectivity index (χ0n) is 11.5. The third-order valence-electron chi connectivity index (χ3n) is 3.55. The van der Waals surface area contributed by atoms with Gasteiger partial charge in [0.15, 0.2) is 0 Å².